The molecule has 0 aromatic heterocycles. The summed E-state index contributed by atoms with van der Waals surface area (Å²) in [6.45, 7) is 4.79. The van der Waals surface area contributed by atoms with Crippen molar-refractivity contribution < 1.29 is 0 Å². The Kier molecular flexibility index (Phi) is 1.83. The van der Waals surface area contributed by atoms with E-state index in [1.54, 1.807) is 0 Å². The molecule has 0 aromatic rings. The van der Waals surface area contributed by atoms with Gasteiger partial charge in [0.25, 0.3) is 0 Å². The summed E-state index contributed by atoms with van der Waals surface area (Å²) < 4.78 is 1.40. The van der Waals surface area contributed by atoms with Gasteiger partial charge in [0.05, 0.1) is 8.66 Å². The third-order valence-corrected chi connectivity index (χ3v) is 7.11. The summed E-state index contributed by atoms with van der Waals surface area (Å²) in [6, 6.07) is 0. The molecule has 72 valence electrons. The Morgan fingerprint density at radius 1 is 1.23 bits per heavy atom. The topological polar surface area (TPSA) is 0 Å². The molecule has 1 saturated carbocycles. The second-order valence-electron chi connectivity index (χ2n) is 4.71. The Morgan fingerprint density at radius 2 is 2.00 bits per heavy atom. The Bertz CT molecular complexity index is 253. The average Bonchev–Trinajstić information content (AvgIpc) is 2.60. The summed E-state index contributed by atoms with van der Waals surface area (Å²) in [5.74, 6) is 2.82. The molecule has 0 aromatic carbocycles. The second-order valence-corrected chi connectivity index (χ2v) is 8.84. The first kappa shape index (κ1) is 8.72. The van der Waals surface area contributed by atoms with Gasteiger partial charge in [-0.2, -0.15) is 0 Å². The van der Waals surface area contributed by atoms with Crippen LogP contribution in [0, 0.1) is 17.8 Å². The highest BCUT2D eigenvalue weighted by Gasteiger charge is 2.52. The van der Waals surface area contributed by atoms with Crippen molar-refractivity contribution in [2.75, 3.05) is 0 Å². The second kappa shape index (κ2) is 2.73. The van der Waals surface area contributed by atoms with E-state index in [1.165, 1.54) is 12.8 Å². The number of thioether (sulfide) groups is 2. The zero-order valence-electron chi connectivity index (χ0n) is 8.19. The maximum absolute atomic E-state index is 2.48. The number of fused-ring (bicyclic) bond motifs is 2. The van der Waals surface area contributed by atoms with Crippen molar-refractivity contribution in [1.82, 2.24) is 0 Å². The summed E-state index contributed by atoms with van der Waals surface area (Å²) in [7, 11) is 0. The van der Waals surface area contributed by atoms with Crippen molar-refractivity contribution in [2.24, 2.45) is 17.8 Å². The van der Waals surface area contributed by atoms with Crippen molar-refractivity contribution in [3.8, 4) is 0 Å². The van der Waals surface area contributed by atoms with Gasteiger partial charge in [-0.15, -0.1) is 23.5 Å². The predicted octanol–water partition coefficient (Wildman–Crippen LogP) is 3.74. The van der Waals surface area contributed by atoms with E-state index in [2.05, 4.69) is 49.5 Å². The lowest BCUT2D eigenvalue weighted by atomic mass is 9.90. The van der Waals surface area contributed by atoms with E-state index in [9.17, 15) is 0 Å². The van der Waals surface area contributed by atoms with E-state index >= 15 is 0 Å². The molecule has 3 unspecified atom stereocenters. The van der Waals surface area contributed by atoms with Crippen LogP contribution in [-0.2, 0) is 0 Å². The van der Waals surface area contributed by atoms with E-state index in [1.807, 2.05) is 0 Å². The molecular formula is C11H16S2. The summed E-state index contributed by atoms with van der Waals surface area (Å²) in [5, 5.41) is 0. The van der Waals surface area contributed by atoms with Crippen LogP contribution in [0.2, 0.25) is 0 Å². The minimum atomic E-state index is 0.559. The van der Waals surface area contributed by atoms with Crippen molar-refractivity contribution >= 4 is 23.5 Å². The van der Waals surface area contributed by atoms with Gasteiger partial charge in [0.1, 0.15) is 0 Å². The van der Waals surface area contributed by atoms with Crippen molar-refractivity contribution in [1.29, 1.82) is 0 Å². The molecule has 1 saturated heterocycles. The molecule has 0 radical (unpaired) electrons. The monoisotopic (exact) mass is 212 g/mol. The standard InChI is InChI=1S/C11H16S2/c1-7-12-11(2,13-7)10-6-8-3-4-9(10)5-8/h3-4,7-10H,5-6H2,1-2H3. The number of hydrogen-bond donors (Lipinski definition) is 0. The van der Waals surface area contributed by atoms with Crippen LogP contribution in [0.25, 0.3) is 0 Å². The minimum absolute atomic E-state index is 0.559. The quantitative estimate of drug-likeness (QED) is 0.607. The van der Waals surface area contributed by atoms with E-state index in [0.29, 0.717) is 4.08 Å². The van der Waals surface area contributed by atoms with Gasteiger partial charge in [-0.05, 0) is 44.4 Å². The fraction of sp³-hybridized carbons (Fsp3) is 0.818. The molecule has 13 heavy (non-hydrogen) atoms. The first-order valence-electron chi connectivity index (χ1n) is 5.21. The van der Waals surface area contributed by atoms with Crippen LogP contribution in [0.15, 0.2) is 12.2 Å². The molecule has 0 amide bonds. The smallest absolute Gasteiger partial charge is 0.0638 e. The van der Waals surface area contributed by atoms with E-state index < -0.39 is 0 Å². The highest BCUT2D eigenvalue weighted by atomic mass is 32.3. The van der Waals surface area contributed by atoms with Gasteiger partial charge < -0.3 is 0 Å². The molecular weight excluding hydrogens is 196 g/mol. The first-order chi connectivity index (χ1) is 6.17. The SMILES string of the molecule is CC1SC(C)(C2CC3C=CC2C3)S1. The summed E-state index contributed by atoms with van der Waals surface area (Å²) in [4.78, 5) is 0. The Hall–Kier alpha value is 0.440. The predicted molar refractivity (Wildman–Crippen MR) is 61.9 cm³/mol. The fourth-order valence-corrected chi connectivity index (χ4v) is 7.23. The summed E-state index contributed by atoms with van der Waals surface area (Å²) >= 11 is 4.39. The van der Waals surface area contributed by atoms with Gasteiger partial charge in [-0.25, -0.2) is 0 Å². The number of rotatable bonds is 1. The van der Waals surface area contributed by atoms with Gasteiger partial charge in [0.15, 0.2) is 0 Å². The number of hydrogen-bond acceptors (Lipinski definition) is 2. The molecule has 2 aliphatic carbocycles. The molecule has 2 fully saturated rings. The van der Waals surface area contributed by atoms with Gasteiger partial charge in [0.2, 0.25) is 0 Å². The summed E-state index contributed by atoms with van der Waals surface area (Å²) in [6.07, 6.45) is 7.84. The molecule has 1 aliphatic heterocycles. The number of allylic oxidation sites excluding steroid dienone is 2. The van der Waals surface area contributed by atoms with Crippen LogP contribution in [0.5, 0.6) is 0 Å². The highest BCUT2D eigenvalue weighted by Crippen LogP contribution is 2.65. The molecule has 0 nitrogen and oxygen atoms in total. The molecule has 3 aliphatic rings. The van der Waals surface area contributed by atoms with Crippen LogP contribution >= 0.6 is 23.5 Å². The fourth-order valence-electron chi connectivity index (χ4n) is 3.23. The van der Waals surface area contributed by atoms with E-state index in [0.717, 1.165) is 22.3 Å². The maximum atomic E-state index is 2.48. The van der Waals surface area contributed by atoms with Crippen LogP contribution in [0.3, 0.4) is 0 Å². The van der Waals surface area contributed by atoms with Gasteiger partial charge in [-0.1, -0.05) is 12.2 Å². The largest absolute Gasteiger partial charge is 0.130 e. The molecule has 3 rings (SSSR count). The normalized spacial score (nSPS) is 58.3. The first-order valence-corrected chi connectivity index (χ1v) is 6.97. The lowest BCUT2D eigenvalue weighted by molar-refractivity contribution is 0.418. The molecule has 0 spiro atoms. The van der Waals surface area contributed by atoms with E-state index in [4.69, 9.17) is 0 Å². The third kappa shape index (κ3) is 1.21. The lowest BCUT2D eigenvalue weighted by Crippen LogP contribution is -2.39. The lowest BCUT2D eigenvalue weighted by Gasteiger charge is -2.48. The highest BCUT2D eigenvalue weighted by molar-refractivity contribution is 8.34. The molecule has 2 bridgehead atoms. The van der Waals surface area contributed by atoms with Crippen molar-refractivity contribution in [3.63, 3.8) is 0 Å². The minimum Gasteiger partial charge on any atom is -0.130 e. The molecule has 1 heterocycles. The Morgan fingerprint density at radius 3 is 2.46 bits per heavy atom. The zero-order valence-corrected chi connectivity index (χ0v) is 9.83. The van der Waals surface area contributed by atoms with Gasteiger partial charge >= 0.3 is 0 Å². The van der Waals surface area contributed by atoms with E-state index in [-0.39, 0.29) is 0 Å². The van der Waals surface area contributed by atoms with Crippen LogP contribution in [0.1, 0.15) is 26.7 Å². The van der Waals surface area contributed by atoms with Crippen molar-refractivity contribution in [2.45, 2.75) is 35.4 Å². The van der Waals surface area contributed by atoms with Crippen LogP contribution in [0.4, 0.5) is 0 Å². The maximum Gasteiger partial charge on any atom is 0.0638 e. The Balaban J connectivity index is 1.77. The van der Waals surface area contributed by atoms with Crippen LogP contribution < -0.4 is 0 Å². The third-order valence-electron chi connectivity index (χ3n) is 3.75. The molecule has 0 N–H and O–H groups in total. The van der Waals surface area contributed by atoms with Gasteiger partial charge in [-0.3, -0.25) is 0 Å². The summed E-state index contributed by atoms with van der Waals surface area (Å²) in [5.41, 5.74) is 0. The molecule has 3 atom stereocenters. The average molecular weight is 212 g/mol. The van der Waals surface area contributed by atoms with Gasteiger partial charge in [0, 0.05) is 0 Å². The van der Waals surface area contributed by atoms with Crippen LogP contribution in [-0.4, -0.2) is 8.66 Å². The molecule has 2 heteroatoms. The zero-order chi connectivity index (χ0) is 9.05. The van der Waals surface area contributed by atoms with Crippen molar-refractivity contribution in [3.05, 3.63) is 12.2 Å². The Labute approximate surface area is 88.9 Å².